The van der Waals surface area contributed by atoms with Gasteiger partial charge in [0.15, 0.2) is 28.0 Å². The van der Waals surface area contributed by atoms with Crippen LogP contribution in [0.3, 0.4) is 0 Å². The van der Waals surface area contributed by atoms with Crippen LogP contribution in [0.1, 0.15) is 10.5 Å². The smallest absolute Gasteiger partial charge is 0.363 e. The lowest BCUT2D eigenvalue weighted by atomic mass is 10.3. The number of benzene rings is 1. The van der Waals surface area contributed by atoms with Gasteiger partial charge in [-0.3, -0.25) is 0 Å². The summed E-state index contributed by atoms with van der Waals surface area (Å²) in [7, 11) is 1.52. The summed E-state index contributed by atoms with van der Waals surface area (Å²) in [5.41, 5.74) is 0.234. The van der Waals surface area contributed by atoms with Gasteiger partial charge >= 0.3 is 5.97 Å². The summed E-state index contributed by atoms with van der Waals surface area (Å²) in [6, 6.07) is 10.5. The standard InChI is InChI=1S/C15H11NO4S/c1-18-11-5-2-3-6-12(11)20-15(17)10-9-21-14(16-10)13-7-4-8-19-13/h2-9H,1H3. The van der Waals surface area contributed by atoms with Crippen molar-refractivity contribution in [3.05, 3.63) is 53.7 Å². The highest BCUT2D eigenvalue weighted by molar-refractivity contribution is 7.13. The van der Waals surface area contributed by atoms with E-state index in [1.165, 1.54) is 18.4 Å². The quantitative estimate of drug-likeness (QED) is 0.544. The van der Waals surface area contributed by atoms with Crippen molar-refractivity contribution >= 4 is 17.3 Å². The van der Waals surface area contributed by atoms with E-state index < -0.39 is 5.97 Å². The third-order valence-corrected chi connectivity index (χ3v) is 3.57. The summed E-state index contributed by atoms with van der Waals surface area (Å²) in [4.78, 5) is 16.3. The minimum Gasteiger partial charge on any atom is -0.493 e. The van der Waals surface area contributed by atoms with Crippen LogP contribution in [0.5, 0.6) is 11.5 Å². The molecule has 0 spiro atoms. The molecule has 0 amide bonds. The van der Waals surface area contributed by atoms with Crippen LogP contribution < -0.4 is 9.47 Å². The van der Waals surface area contributed by atoms with Crippen LogP contribution in [0, 0.1) is 0 Å². The van der Waals surface area contributed by atoms with Crippen LogP contribution in [0.4, 0.5) is 0 Å². The van der Waals surface area contributed by atoms with Crippen LogP contribution in [-0.2, 0) is 0 Å². The number of hydrogen-bond acceptors (Lipinski definition) is 6. The predicted octanol–water partition coefficient (Wildman–Crippen LogP) is 3.63. The number of aromatic nitrogens is 1. The Bertz CT molecular complexity index is 749. The van der Waals surface area contributed by atoms with Crippen molar-refractivity contribution in [1.82, 2.24) is 4.98 Å². The number of esters is 1. The molecule has 3 aromatic rings. The number of ether oxygens (including phenoxy) is 2. The molecule has 0 saturated heterocycles. The molecule has 0 bridgehead atoms. The van der Waals surface area contributed by atoms with E-state index in [-0.39, 0.29) is 5.69 Å². The second-order valence-corrected chi connectivity index (χ2v) is 4.91. The third-order valence-electron chi connectivity index (χ3n) is 2.72. The van der Waals surface area contributed by atoms with Gasteiger partial charge < -0.3 is 13.9 Å². The van der Waals surface area contributed by atoms with Crippen molar-refractivity contribution in [2.24, 2.45) is 0 Å². The Kier molecular flexibility index (Phi) is 3.70. The first-order valence-corrected chi connectivity index (χ1v) is 7.00. The summed E-state index contributed by atoms with van der Waals surface area (Å²) in [6.07, 6.45) is 1.56. The predicted molar refractivity (Wildman–Crippen MR) is 77.8 cm³/mol. The number of carbonyl (C=O) groups is 1. The number of rotatable bonds is 4. The van der Waals surface area contributed by atoms with Crippen LogP contribution in [0.25, 0.3) is 10.8 Å². The Morgan fingerprint density at radius 3 is 2.71 bits per heavy atom. The van der Waals surface area contributed by atoms with Gasteiger partial charge in [-0.05, 0) is 24.3 Å². The maximum absolute atomic E-state index is 12.1. The zero-order valence-electron chi connectivity index (χ0n) is 11.1. The maximum Gasteiger partial charge on any atom is 0.363 e. The van der Waals surface area contributed by atoms with Crippen LogP contribution in [0.15, 0.2) is 52.5 Å². The number of nitrogens with zero attached hydrogens (tertiary/aromatic N) is 1. The number of hydrogen-bond donors (Lipinski definition) is 0. The zero-order valence-corrected chi connectivity index (χ0v) is 11.9. The second kappa shape index (κ2) is 5.80. The fourth-order valence-electron chi connectivity index (χ4n) is 1.74. The Labute approximate surface area is 124 Å². The zero-order chi connectivity index (χ0) is 14.7. The van der Waals surface area contributed by atoms with Gasteiger partial charge in [-0.15, -0.1) is 11.3 Å². The summed E-state index contributed by atoms with van der Waals surface area (Å²) in [6.45, 7) is 0. The van der Waals surface area contributed by atoms with Crippen LogP contribution in [0.2, 0.25) is 0 Å². The number of carbonyl (C=O) groups excluding carboxylic acids is 1. The molecule has 0 unspecified atom stereocenters. The van der Waals surface area contributed by atoms with Gasteiger partial charge in [0, 0.05) is 5.38 Å². The lowest BCUT2D eigenvalue weighted by Crippen LogP contribution is -2.09. The molecule has 6 heteroatoms. The SMILES string of the molecule is COc1ccccc1OC(=O)c1csc(-c2ccco2)n1. The summed E-state index contributed by atoms with van der Waals surface area (Å²) < 4.78 is 15.7. The average Bonchev–Trinajstić information content (AvgIpc) is 3.18. The molecular weight excluding hydrogens is 290 g/mol. The molecule has 1 aromatic carbocycles. The van der Waals surface area contributed by atoms with Crippen molar-refractivity contribution in [2.75, 3.05) is 7.11 Å². The number of para-hydroxylation sites is 2. The van der Waals surface area contributed by atoms with E-state index in [4.69, 9.17) is 13.9 Å². The lowest BCUT2D eigenvalue weighted by molar-refractivity contribution is 0.0724. The summed E-state index contributed by atoms with van der Waals surface area (Å²) in [5, 5.41) is 2.27. The normalized spacial score (nSPS) is 10.3. The van der Waals surface area contributed by atoms with Gasteiger partial charge in [-0.1, -0.05) is 12.1 Å². The number of thiazole rings is 1. The van der Waals surface area contributed by atoms with Gasteiger partial charge in [0.05, 0.1) is 13.4 Å². The van der Waals surface area contributed by atoms with Gasteiger partial charge in [0.25, 0.3) is 0 Å². The molecule has 0 aliphatic carbocycles. The highest BCUT2D eigenvalue weighted by atomic mass is 32.1. The van der Waals surface area contributed by atoms with E-state index >= 15 is 0 Å². The van der Waals surface area contributed by atoms with E-state index in [0.717, 1.165) is 0 Å². The Balaban J connectivity index is 1.80. The van der Waals surface area contributed by atoms with Gasteiger partial charge in [0.1, 0.15) is 0 Å². The highest BCUT2D eigenvalue weighted by Gasteiger charge is 2.16. The Morgan fingerprint density at radius 1 is 1.19 bits per heavy atom. The molecule has 0 radical (unpaired) electrons. The van der Waals surface area contributed by atoms with Crippen molar-refractivity contribution < 1.29 is 18.7 Å². The summed E-state index contributed by atoms with van der Waals surface area (Å²) >= 11 is 1.32. The van der Waals surface area contributed by atoms with Crippen molar-refractivity contribution in [2.45, 2.75) is 0 Å². The molecule has 0 N–H and O–H groups in total. The topological polar surface area (TPSA) is 61.6 Å². The maximum atomic E-state index is 12.1. The highest BCUT2D eigenvalue weighted by Crippen LogP contribution is 2.28. The van der Waals surface area contributed by atoms with Gasteiger partial charge in [0.2, 0.25) is 0 Å². The second-order valence-electron chi connectivity index (χ2n) is 4.06. The lowest BCUT2D eigenvalue weighted by Gasteiger charge is -2.07. The largest absolute Gasteiger partial charge is 0.493 e. The number of methoxy groups -OCH3 is 1. The van der Waals surface area contributed by atoms with E-state index in [0.29, 0.717) is 22.3 Å². The first-order chi connectivity index (χ1) is 10.3. The minimum absolute atomic E-state index is 0.234. The third kappa shape index (κ3) is 2.80. The molecular formula is C15H11NO4S. The van der Waals surface area contributed by atoms with Gasteiger partial charge in [-0.25, -0.2) is 9.78 Å². The monoisotopic (exact) mass is 301 g/mol. The van der Waals surface area contributed by atoms with E-state index in [1.54, 1.807) is 48.0 Å². The Hall–Kier alpha value is -2.60. The molecule has 0 aliphatic heterocycles. The molecule has 106 valence electrons. The van der Waals surface area contributed by atoms with Crippen molar-refractivity contribution in [3.63, 3.8) is 0 Å². The fourth-order valence-corrected chi connectivity index (χ4v) is 2.49. The average molecular weight is 301 g/mol. The van der Waals surface area contributed by atoms with Crippen molar-refractivity contribution in [3.8, 4) is 22.3 Å². The molecule has 0 atom stereocenters. The molecule has 5 nitrogen and oxygen atoms in total. The molecule has 2 heterocycles. The molecule has 0 aliphatic rings. The van der Waals surface area contributed by atoms with Crippen LogP contribution in [-0.4, -0.2) is 18.1 Å². The molecule has 0 saturated carbocycles. The molecule has 0 fully saturated rings. The van der Waals surface area contributed by atoms with E-state index in [2.05, 4.69) is 4.98 Å². The fraction of sp³-hybridized carbons (Fsp3) is 0.0667. The molecule has 2 aromatic heterocycles. The molecule has 3 rings (SSSR count). The van der Waals surface area contributed by atoms with E-state index in [9.17, 15) is 4.79 Å². The first-order valence-electron chi connectivity index (χ1n) is 6.12. The first kappa shape index (κ1) is 13.4. The summed E-state index contributed by atoms with van der Waals surface area (Å²) in [5.74, 6) is 0.940. The van der Waals surface area contributed by atoms with Gasteiger partial charge in [-0.2, -0.15) is 0 Å². The Morgan fingerprint density at radius 2 is 2.00 bits per heavy atom. The van der Waals surface area contributed by atoms with E-state index in [1.807, 2.05) is 0 Å². The molecule has 21 heavy (non-hydrogen) atoms. The minimum atomic E-state index is -0.534. The number of furan rings is 1. The van der Waals surface area contributed by atoms with Crippen molar-refractivity contribution in [1.29, 1.82) is 0 Å². The van der Waals surface area contributed by atoms with Crippen LogP contribution >= 0.6 is 11.3 Å².